The van der Waals surface area contributed by atoms with Crippen LogP contribution in [0.25, 0.3) is 0 Å². The summed E-state index contributed by atoms with van der Waals surface area (Å²) in [5.41, 5.74) is 2.82. The topological polar surface area (TPSA) is 117 Å². The molecule has 2 aliphatic heterocycles. The Labute approximate surface area is 185 Å². The van der Waals surface area contributed by atoms with Crippen LogP contribution in [0.5, 0.6) is 5.75 Å². The van der Waals surface area contributed by atoms with Crippen molar-refractivity contribution in [3.05, 3.63) is 29.8 Å². The molecule has 0 spiro atoms. The first-order valence-corrected chi connectivity index (χ1v) is 10.8. The Bertz CT molecular complexity index is 869. The van der Waals surface area contributed by atoms with Gasteiger partial charge in [0, 0.05) is 19.4 Å². The van der Waals surface area contributed by atoms with Crippen molar-refractivity contribution in [2.24, 2.45) is 11.1 Å². The Morgan fingerprint density at radius 3 is 2.39 bits per heavy atom. The Balaban J connectivity index is 1.80. The third kappa shape index (κ3) is 4.24. The van der Waals surface area contributed by atoms with E-state index >= 15 is 0 Å². The SMILES string of the molecule is COc1ccc(COC(=O)C2(C(=O)OC(C)(C)C)CS[C@H]3N(C2)C(=O)C3(N)OC)cc1. The molecule has 1 aromatic carbocycles. The summed E-state index contributed by atoms with van der Waals surface area (Å²) < 4.78 is 21.3. The predicted octanol–water partition coefficient (Wildman–Crippen LogP) is 1.28. The van der Waals surface area contributed by atoms with Crippen LogP contribution < -0.4 is 10.5 Å². The van der Waals surface area contributed by atoms with Gasteiger partial charge in [-0.3, -0.25) is 20.1 Å². The minimum atomic E-state index is -1.66. The number of β-lactam (4-membered cyclic amide) rings is 1. The summed E-state index contributed by atoms with van der Waals surface area (Å²) in [6.07, 6.45) is 0. The monoisotopic (exact) mass is 452 g/mol. The van der Waals surface area contributed by atoms with Crippen molar-refractivity contribution >= 4 is 29.6 Å². The van der Waals surface area contributed by atoms with E-state index in [9.17, 15) is 14.4 Å². The number of rotatable bonds is 6. The fourth-order valence-electron chi connectivity index (χ4n) is 3.43. The van der Waals surface area contributed by atoms with Crippen LogP contribution in [-0.2, 0) is 35.2 Å². The first kappa shape index (κ1) is 23.4. The predicted molar refractivity (Wildman–Crippen MR) is 113 cm³/mol. The fraction of sp³-hybridized carbons (Fsp3) is 0.571. The lowest BCUT2D eigenvalue weighted by atomic mass is 9.86. The lowest BCUT2D eigenvalue weighted by Gasteiger charge is -2.57. The van der Waals surface area contributed by atoms with E-state index in [1.807, 2.05) is 0 Å². The molecule has 0 aliphatic carbocycles. The van der Waals surface area contributed by atoms with Crippen molar-refractivity contribution in [1.29, 1.82) is 0 Å². The van der Waals surface area contributed by atoms with Crippen molar-refractivity contribution in [2.75, 3.05) is 26.5 Å². The Kier molecular flexibility index (Phi) is 6.28. The summed E-state index contributed by atoms with van der Waals surface area (Å²) in [6, 6.07) is 7.02. The van der Waals surface area contributed by atoms with Crippen LogP contribution in [0.1, 0.15) is 26.3 Å². The Morgan fingerprint density at radius 2 is 1.84 bits per heavy atom. The zero-order valence-corrected chi connectivity index (χ0v) is 19.1. The molecule has 170 valence electrons. The maximum absolute atomic E-state index is 13.2. The van der Waals surface area contributed by atoms with Gasteiger partial charge < -0.3 is 23.8 Å². The molecule has 0 aromatic heterocycles. The molecule has 10 heteroatoms. The zero-order chi connectivity index (χ0) is 23.0. The summed E-state index contributed by atoms with van der Waals surface area (Å²) in [6.45, 7) is 4.93. The molecule has 31 heavy (non-hydrogen) atoms. The average Bonchev–Trinajstić information content (AvgIpc) is 2.75. The molecule has 0 saturated carbocycles. The molecule has 3 rings (SSSR count). The number of hydrogen-bond acceptors (Lipinski definition) is 9. The van der Waals surface area contributed by atoms with Gasteiger partial charge >= 0.3 is 11.9 Å². The number of thioether (sulfide) groups is 1. The molecule has 0 bridgehead atoms. The number of fused-ring (bicyclic) bond motifs is 1. The molecule has 2 unspecified atom stereocenters. The quantitative estimate of drug-likeness (QED) is 0.295. The van der Waals surface area contributed by atoms with Gasteiger partial charge in [-0.25, -0.2) is 0 Å². The van der Waals surface area contributed by atoms with Crippen molar-refractivity contribution in [2.45, 2.75) is 44.1 Å². The van der Waals surface area contributed by atoms with E-state index in [1.165, 1.54) is 23.8 Å². The molecule has 2 fully saturated rings. The van der Waals surface area contributed by atoms with Crippen LogP contribution in [0.3, 0.4) is 0 Å². The number of carbonyl (C=O) groups is 3. The van der Waals surface area contributed by atoms with E-state index in [-0.39, 0.29) is 18.9 Å². The average molecular weight is 453 g/mol. The van der Waals surface area contributed by atoms with Gasteiger partial charge in [0.15, 0.2) is 5.41 Å². The maximum Gasteiger partial charge on any atom is 0.326 e. The van der Waals surface area contributed by atoms with E-state index in [0.717, 1.165) is 5.56 Å². The third-order valence-electron chi connectivity index (χ3n) is 5.22. The van der Waals surface area contributed by atoms with Crippen LogP contribution in [0, 0.1) is 5.41 Å². The van der Waals surface area contributed by atoms with Gasteiger partial charge in [0.05, 0.1) is 7.11 Å². The van der Waals surface area contributed by atoms with Crippen molar-refractivity contribution in [1.82, 2.24) is 4.90 Å². The highest BCUT2D eigenvalue weighted by atomic mass is 32.2. The minimum absolute atomic E-state index is 0.0334. The van der Waals surface area contributed by atoms with Gasteiger partial charge in [0.1, 0.15) is 23.3 Å². The number of esters is 2. The highest BCUT2D eigenvalue weighted by Gasteiger charge is 2.67. The van der Waals surface area contributed by atoms with Crippen LogP contribution >= 0.6 is 11.8 Å². The van der Waals surface area contributed by atoms with Gasteiger partial charge in [-0.15, -0.1) is 11.8 Å². The zero-order valence-electron chi connectivity index (χ0n) is 18.3. The number of benzene rings is 1. The van der Waals surface area contributed by atoms with Crippen LogP contribution in [0.15, 0.2) is 24.3 Å². The van der Waals surface area contributed by atoms with E-state index in [1.54, 1.807) is 52.1 Å². The maximum atomic E-state index is 13.2. The number of nitrogens with zero attached hydrogens (tertiary/aromatic N) is 1. The number of carbonyl (C=O) groups excluding carboxylic acids is 3. The fourth-order valence-corrected chi connectivity index (χ4v) is 5.00. The van der Waals surface area contributed by atoms with Crippen molar-refractivity contribution in [3.63, 3.8) is 0 Å². The largest absolute Gasteiger partial charge is 0.497 e. The van der Waals surface area contributed by atoms with Crippen molar-refractivity contribution in [3.8, 4) is 5.75 Å². The van der Waals surface area contributed by atoms with Gasteiger partial charge in [-0.2, -0.15) is 0 Å². The van der Waals surface area contributed by atoms with Crippen molar-refractivity contribution < 1.29 is 33.3 Å². The second-order valence-corrected chi connectivity index (χ2v) is 9.67. The van der Waals surface area contributed by atoms with E-state index in [4.69, 9.17) is 24.7 Å². The van der Waals surface area contributed by atoms with Gasteiger partial charge in [0.2, 0.25) is 5.72 Å². The molecule has 0 radical (unpaired) electrons. The summed E-state index contributed by atoms with van der Waals surface area (Å²) in [7, 11) is 2.92. The molecule has 3 atom stereocenters. The molecule has 1 amide bonds. The lowest BCUT2D eigenvalue weighted by Crippen LogP contribution is -2.81. The third-order valence-corrected chi connectivity index (χ3v) is 6.80. The van der Waals surface area contributed by atoms with E-state index < -0.39 is 40.0 Å². The molecular weight excluding hydrogens is 424 g/mol. The molecule has 2 heterocycles. The summed E-state index contributed by atoms with van der Waals surface area (Å²) in [5.74, 6) is -1.23. The molecule has 2 saturated heterocycles. The second-order valence-electron chi connectivity index (χ2n) is 8.60. The molecule has 2 aliphatic rings. The molecule has 9 nitrogen and oxygen atoms in total. The smallest absolute Gasteiger partial charge is 0.326 e. The lowest BCUT2D eigenvalue weighted by molar-refractivity contribution is -0.198. The number of ether oxygens (including phenoxy) is 4. The number of amides is 1. The van der Waals surface area contributed by atoms with Crippen LogP contribution in [0.4, 0.5) is 0 Å². The highest BCUT2D eigenvalue weighted by Crippen LogP contribution is 2.47. The first-order valence-electron chi connectivity index (χ1n) is 9.77. The van der Waals surface area contributed by atoms with E-state index in [2.05, 4.69) is 0 Å². The Hall–Kier alpha value is -2.30. The van der Waals surface area contributed by atoms with Crippen LogP contribution in [0.2, 0.25) is 0 Å². The highest BCUT2D eigenvalue weighted by molar-refractivity contribution is 8.00. The number of hydrogen-bond donors (Lipinski definition) is 1. The summed E-state index contributed by atoms with van der Waals surface area (Å²) >= 11 is 1.20. The van der Waals surface area contributed by atoms with Gasteiger partial charge in [-0.05, 0) is 38.5 Å². The van der Waals surface area contributed by atoms with E-state index in [0.29, 0.717) is 5.75 Å². The Morgan fingerprint density at radius 1 is 1.19 bits per heavy atom. The number of methoxy groups -OCH3 is 2. The number of nitrogens with two attached hydrogens (primary N) is 1. The van der Waals surface area contributed by atoms with Gasteiger partial charge in [-0.1, -0.05) is 12.1 Å². The van der Waals surface area contributed by atoms with Crippen LogP contribution in [-0.4, -0.2) is 66.0 Å². The molecule has 1 aromatic rings. The second kappa shape index (κ2) is 8.33. The summed E-state index contributed by atoms with van der Waals surface area (Å²) in [4.78, 5) is 40.3. The molecular formula is C21H28N2O7S. The van der Waals surface area contributed by atoms with Gasteiger partial charge in [0.25, 0.3) is 5.91 Å². The standard InChI is InChI=1S/C21H28N2O7S/c1-19(2,3)30-18(26)20(11-23-15(24)21(22,28-5)16(23)31-12-20)17(25)29-10-13-6-8-14(27-4)9-7-13/h6-9,16H,10-12,22H2,1-5H3/t16-,20?,21?/m1/s1. The first-order chi connectivity index (χ1) is 14.5. The minimum Gasteiger partial charge on any atom is -0.497 e. The molecule has 2 N–H and O–H groups in total. The summed E-state index contributed by atoms with van der Waals surface area (Å²) in [5, 5.41) is -0.491. The normalized spacial score (nSPS) is 27.7.